The second-order valence-electron chi connectivity index (χ2n) is 7.05. The van der Waals surface area contributed by atoms with E-state index >= 15 is 0 Å². The molecule has 5 nitrogen and oxygen atoms in total. The predicted octanol–water partition coefficient (Wildman–Crippen LogP) is 1.79. The van der Waals surface area contributed by atoms with Gasteiger partial charge in [-0.1, -0.05) is 32.9 Å². The van der Waals surface area contributed by atoms with Crippen LogP contribution in [0, 0.1) is 11.2 Å². The highest BCUT2D eigenvalue weighted by Crippen LogP contribution is 2.20. The summed E-state index contributed by atoms with van der Waals surface area (Å²) >= 11 is 0. The number of carbonyl (C=O) groups excluding carboxylic acids is 2. The molecule has 1 fully saturated rings. The first kappa shape index (κ1) is 20.4. The van der Waals surface area contributed by atoms with E-state index in [2.05, 4.69) is 0 Å². The van der Waals surface area contributed by atoms with Crippen LogP contribution in [0.25, 0.3) is 0 Å². The molecule has 0 aliphatic carbocycles. The molecule has 1 heterocycles. The van der Waals surface area contributed by atoms with Gasteiger partial charge in [-0.25, -0.2) is 4.39 Å². The standard InChI is InChI=1S/C17H24FN3O2.ClH/c1-17(2,3)15(19)16(23)21-8-7-20(14(22)11-21)10-12-5-4-6-13(18)9-12;/h4-6,9,15H,7-8,10-11,19H2,1-3H3;1H/t15-;/m1./s1. The van der Waals surface area contributed by atoms with E-state index in [0.717, 1.165) is 5.56 Å². The number of hydrogen-bond donors (Lipinski definition) is 1. The zero-order chi connectivity index (χ0) is 17.2. The van der Waals surface area contributed by atoms with Gasteiger partial charge in [0.25, 0.3) is 0 Å². The number of nitrogens with two attached hydrogens (primary N) is 1. The Kier molecular flexibility index (Phi) is 6.75. The summed E-state index contributed by atoms with van der Waals surface area (Å²) in [7, 11) is 0. The van der Waals surface area contributed by atoms with E-state index in [9.17, 15) is 14.0 Å². The van der Waals surface area contributed by atoms with E-state index in [4.69, 9.17) is 5.73 Å². The molecule has 2 N–H and O–H groups in total. The van der Waals surface area contributed by atoms with E-state index in [1.807, 2.05) is 20.8 Å². The van der Waals surface area contributed by atoms with Crippen LogP contribution < -0.4 is 5.73 Å². The molecule has 2 rings (SSSR count). The molecule has 1 aromatic rings. The van der Waals surface area contributed by atoms with Crippen molar-refractivity contribution >= 4 is 24.2 Å². The number of benzene rings is 1. The molecule has 1 aliphatic heterocycles. The van der Waals surface area contributed by atoms with Gasteiger partial charge in [-0.15, -0.1) is 12.4 Å². The van der Waals surface area contributed by atoms with Gasteiger partial charge in [0.1, 0.15) is 5.82 Å². The van der Waals surface area contributed by atoms with Crippen LogP contribution in [0.15, 0.2) is 24.3 Å². The van der Waals surface area contributed by atoms with Gasteiger partial charge >= 0.3 is 0 Å². The quantitative estimate of drug-likeness (QED) is 0.896. The molecule has 0 unspecified atom stereocenters. The van der Waals surface area contributed by atoms with Crippen molar-refractivity contribution in [1.82, 2.24) is 9.80 Å². The maximum Gasteiger partial charge on any atom is 0.242 e. The van der Waals surface area contributed by atoms with Crippen molar-refractivity contribution in [2.24, 2.45) is 11.1 Å². The Balaban J connectivity index is 0.00000288. The van der Waals surface area contributed by atoms with Crippen molar-refractivity contribution in [2.75, 3.05) is 19.6 Å². The summed E-state index contributed by atoms with van der Waals surface area (Å²) in [6.45, 7) is 6.95. The Hall–Kier alpha value is -1.66. The lowest BCUT2D eigenvalue weighted by atomic mass is 9.86. The molecule has 7 heteroatoms. The third-order valence-corrected chi connectivity index (χ3v) is 4.09. The summed E-state index contributed by atoms with van der Waals surface area (Å²) in [4.78, 5) is 27.8. The topological polar surface area (TPSA) is 66.6 Å². The first-order chi connectivity index (χ1) is 10.7. The fourth-order valence-corrected chi connectivity index (χ4v) is 2.49. The van der Waals surface area contributed by atoms with E-state index in [1.165, 1.54) is 17.0 Å². The van der Waals surface area contributed by atoms with Gasteiger partial charge in [-0.2, -0.15) is 0 Å². The van der Waals surface area contributed by atoms with Gasteiger partial charge in [0, 0.05) is 19.6 Å². The predicted molar refractivity (Wildman–Crippen MR) is 93.1 cm³/mol. The highest BCUT2D eigenvalue weighted by molar-refractivity contribution is 5.88. The second kappa shape index (κ2) is 7.94. The number of nitrogens with zero attached hydrogens (tertiary/aromatic N) is 2. The Labute approximate surface area is 148 Å². The summed E-state index contributed by atoms with van der Waals surface area (Å²) < 4.78 is 13.2. The average molecular weight is 358 g/mol. The molecule has 1 saturated heterocycles. The van der Waals surface area contributed by atoms with Crippen molar-refractivity contribution < 1.29 is 14.0 Å². The molecule has 0 bridgehead atoms. The molecule has 1 aromatic carbocycles. The molecular formula is C17H25ClFN3O2. The minimum absolute atomic E-state index is 0. The van der Waals surface area contributed by atoms with E-state index in [-0.39, 0.29) is 42.0 Å². The molecule has 1 aliphatic rings. The van der Waals surface area contributed by atoms with Gasteiger partial charge in [-0.05, 0) is 23.1 Å². The Morgan fingerprint density at radius 3 is 2.54 bits per heavy atom. The van der Waals surface area contributed by atoms with Gasteiger partial charge in [0.2, 0.25) is 11.8 Å². The van der Waals surface area contributed by atoms with Crippen LogP contribution in [-0.2, 0) is 16.1 Å². The Morgan fingerprint density at radius 2 is 2.00 bits per heavy atom. The SMILES string of the molecule is CC(C)(C)[C@H](N)C(=O)N1CCN(Cc2cccc(F)c2)C(=O)C1.Cl. The lowest BCUT2D eigenvalue weighted by molar-refractivity contribution is -0.147. The van der Waals surface area contributed by atoms with Crippen LogP contribution in [-0.4, -0.2) is 47.3 Å². The van der Waals surface area contributed by atoms with E-state index in [1.54, 1.807) is 17.0 Å². The first-order valence-corrected chi connectivity index (χ1v) is 7.75. The molecule has 0 aromatic heterocycles. The minimum Gasteiger partial charge on any atom is -0.335 e. The van der Waals surface area contributed by atoms with Crippen LogP contribution in [0.1, 0.15) is 26.3 Å². The highest BCUT2D eigenvalue weighted by Gasteiger charge is 2.34. The van der Waals surface area contributed by atoms with Crippen molar-refractivity contribution in [1.29, 1.82) is 0 Å². The fourth-order valence-electron chi connectivity index (χ4n) is 2.49. The molecule has 134 valence electrons. The van der Waals surface area contributed by atoms with Gasteiger partial charge in [-0.3, -0.25) is 9.59 Å². The Morgan fingerprint density at radius 1 is 1.33 bits per heavy atom. The largest absolute Gasteiger partial charge is 0.335 e. The Bertz CT molecular complexity index is 604. The van der Waals surface area contributed by atoms with Gasteiger partial charge in [0.15, 0.2) is 0 Å². The van der Waals surface area contributed by atoms with Gasteiger partial charge in [0.05, 0.1) is 12.6 Å². The van der Waals surface area contributed by atoms with Gasteiger partial charge < -0.3 is 15.5 Å². The van der Waals surface area contributed by atoms with Crippen LogP contribution in [0.5, 0.6) is 0 Å². The number of piperazine rings is 1. The third kappa shape index (κ3) is 4.92. The number of carbonyl (C=O) groups is 2. The molecule has 24 heavy (non-hydrogen) atoms. The molecular weight excluding hydrogens is 333 g/mol. The smallest absolute Gasteiger partial charge is 0.242 e. The molecule has 1 atom stereocenters. The molecule has 2 amide bonds. The highest BCUT2D eigenvalue weighted by atomic mass is 35.5. The maximum absolute atomic E-state index is 13.2. The number of halogens is 2. The van der Waals surface area contributed by atoms with Crippen molar-refractivity contribution in [2.45, 2.75) is 33.4 Å². The third-order valence-electron chi connectivity index (χ3n) is 4.09. The zero-order valence-electron chi connectivity index (χ0n) is 14.3. The first-order valence-electron chi connectivity index (χ1n) is 7.75. The average Bonchev–Trinajstić information content (AvgIpc) is 2.47. The number of hydrogen-bond acceptors (Lipinski definition) is 3. The summed E-state index contributed by atoms with van der Waals surface area (Å²) in [5, 5.41) is 0. The van der Waals surface area contributed by atoms with Crippen molar-refractivity contribution in [3.05, 3.63) is 35.6 Å². The van der Waals surface area contributed by atoms with E-state index in [0.29, 0.717) is 19.6 Å². The number of amides is 2. The monoisotopic (exact) mass is 357 g/mol. The van der Waals surface area contributed by atoms with Crippen molar-refractivity contribution in [3.8, 4) is 0 Å². The van der Waals surface area contributed by atoms with Crippen molar-refractivity contribution in [3.63, 3.8) is 0 Å². The molecule has 0 radical (unpaired) electrons. The normalized spacial score (nSPS) is 16.6. The molecule has 0 spiro atoms. The minimum atomic E-state index is -0.634. The fraction of sp³-hybridized carbons (Fsp3) is 0.529. The summed E-state index contributed by atoms with van der Waals surface area (Å²) in [5.41, 5.74) is 6.38. The lowest BCUT2D eigenvalue weighted by Crippen LogP contribution is -2.57. The molecule has 0 saturated carbocycles. The van der Waals surface area contributed by atoms with Crippen LogP contribution in [0.3, 0.4) is 0 Å². The van der Waals surface area contributed by atoms with E-state index < -0.39 is 6.04 Å². The van der Waals surface area contributed by atoms with Crippen LogP contribution >= 0.6 is 12.4 Å². The summed E-state index contributed by atoms with van der Waals surface area (Å²) in [6.07, 6.45) is 0. The second-order valence-corrected chi connectivity index (χ2v) is 7.05. The lowest BCUT2D eigenvalue weighted by Gasteiger charge is -2.37. The zero-order valence-corrected chi connectivity index (χ0v) is 15.1. The van der Waals surface area contributed by atoms with Crippen LogP contribution in [0.2, 0.25) is 0 Å². The maximum atomic E-state index is 13.2. The van der Waals surface area contributed by atoms with Crippen LogP contribution in [0.4, 0.5) is 4.39 Å². The summed E-state index contributed by atoms with van der Waals surface area (Å²) in [6, 6.07) is 5.56. The summed E-state index contributed by atoms with van der Waals surface area (Å²) in [5.74, 6) is -0.661. The number of rotatable bonds is 3.